The Hall–Kier alpha value is -1.51. The van der Waals surface area contributed by atoms with Gasteiger partial charge in [0.15, 0.2) is 0 Å². The standard InChI is InChI=1S/C14H19FN2O4S/c1-3-21-9(2)14(18)16-13-8-11(6-7-12(13)15)22(19,20)17-10-4-5-10/h6-10,17H,3-5H2,1-2H3,(H,16,18)/t9-/m1/s1. The van der Waals surface area contributed by atoms with Gasteiger partial charge in [-0.1, -0.05) is 0 Å². The second-order valence-electron chi connectivity index (χ2n) is 5.12. The van der Waals surface area contributed by atoms with Crippen molar-refractivity contribution in [1.29, 1.82) is 0 Å². The average molecular weight is 330 g/mol. The molecule has 22 heavy (non-hydrogen) atoms. The molecule has 0 radical (unpaired) electrons. The molecule has 1 amide bonds. The minimum Gasteiger partial charge on any atom is -0.369 e. The molecule has 1 aliphatic carbocycles. The molecule has 0 spiro atoms. The molecule has 1 fully saturated rings. The third-order valence-corrected chi connectivity index (χ3v) is 4.71. The SMILES string of the molecule is CCO[C@H](C)C(=O)Nc1cc(S(=O)(=O)NC2CC2)ccc1F. The van der Waals surface area contributed by atoms with Crippen molar-refractivity contribution in [2.75, 3.05) is 11.9 Å². The van der Waals surface area contributed by atoms with Crippen LogP contribution in [0.15, 0.2) is 23.1 Å². The monoisotopic (exact) mass is 330 g/mol. The molecule has 0 aliphatic heterocycles. The number of rotatable bonds is 7. The maximum Gasteiger partial charge on any atom is 0.253 e. The quantitative estimate of drug-likeness (QED) is 0.796. The minimum absolute atomic E-state index is 0.0499. The Morgan fingerprint density at radius 3 is 2.73 bits per heavy atom. The van der Waals surface area contributed by atoms with E-state index in [-0.39, 0.29) is 16.6 Å². The Balaban J connectivity index is 2.17. The van der Waals surface area contributed by atoms with E-state index in [0.29, 0.717) is 6.61 Å². The van der Waals surface area contributed by atoms with Crippen LogP contribution in [-0.4, -0.2) is 33.1 Å². The summed E-state index contributed by atoms with van der Waals surface area (Å²) in [5.41, 5.74) is -0.185. The lowest BCUT2D eigenvalue weighted by Crippen LogP contribution is -2.29. The summed E-state index contributed by atoms with van der Waals surface area (Å²) in [5, 5.41) is 2.35. The van der Waals surface area contributed by atoms with Crippen molar-refractivity contribution in [3.05, 3.63) is 24.0 Å². The van der Waals surface area contributed by atoms with Crippen molar-refractivity contribution >= 4 is 21.6 Å². The van der Waals surface area contributed by atoms with Gasteiger partial charge < -0.3 is 10.1 Å². The molecule has 122 valence electrons. The summed E-state index contributed by atoms with van der Waals surface area (Å²) in [5.74, 6) is -1.24. The predicted molar refractivity (Wildman–Crippen MR) is 79.5 cm³/mol. The number of carbonyl (C=O) groups excluding carboxylic acids is 1. The maximum absolute atomic E-state index is 13.8. The van der Waals surface area contributed by atoms with Crippen molar-refractivity contribution in [2.45, 2.75) is 43.7 Å². The van der Waals surface area contributed by atoms with Crippen molar-refractivity contribution in [2.24, 2.45) is 0 Å². The van der Waals surface area contributed by atoms with Crippen LogP contribution in [0, 0.1) is 5.82 Å². The number of carbonyl (C=O) groups is 1. The molecule has 1 saturated carbocycles. The first-order valence-corrected chi connectivity index (χ1v) is 8.56. The maximum atomic E-state index is 13.8. The first kappa shape index (κ1) is 16.9. The number of anilines is 1. The van der Waals surface area contributed by atoms with Crippen LogP contribution in [0.4, 0.5) is 10.1 Å². The fraction of sp³-hybridized carbons (Fsp3) is 0.500. The van der Waals surface area contributed by atoms with Gasteiger partial charge in [-0.05, 0) is 44.9 Å². The van der Waals surface area contributed by atoms with Crippen LogP contribution in [0.3, 0.4) is 0 Å². The number of hydrogen-bond donors (Lipinski definition) is 2. The highest BCUT2D eigenvalue weighted by atomic mass is 32.2. The van der Waals surface area contributed by atoms with Gasteiger partial charge in [0.25, 0.3) is 5.91 Å². The van der Waals surface area contributed by atoms with Gasteiger partial charge in [0, 0.05) is 12.6 Å². The highest BCUT2D eigenvalue weighted by Crippen LogP contribution is 2.24. The van der Waals surface area contributed by atoms with Crippen LogP contribution in [0.2, 0.25) is 0 Å². The number of amides is 1. The predicted octanol–water partition coefficient (Wildman–Crippen LogP) is 1.63. The molecule has 2 N–H and O–H groups in total. The van der Waals surface area contributed by atoms with E-state index in [9.17, 15) is 17.6 Å². The second-order valence-corrected chi connectivity index (χ2v) is 6.84. The largest absolute Gasteiger partial charge is 0.369 e. The molecule has 1 atom stereocenters. The zero-order chi connectivity index (χ0) is 16.3. The third kappa shape index (κ3) is 4.25. The van der Waals surface area contributed by atoms with E-state index in [1.165, 1.54) is 13.0 Å². The Kier molecular flexibility index (Phi) is 5.15. The van der Waals surface area contributed by atoms with Gasteiger partial charge in [-0.2, -0.15) is 0 Å². The summed E-state index contributed by atoms with van der Waals surface area (Å²) < 4.78 is 45.6. The Bertz CT molecular complexity index is 659. The second kappa shape index (κ2) is 6.72. The lowest BCUT2D eigenvalue weighted by molar-refractivity contribution is -0.126. The number of sulfonamides is 1. The van der Waals surface area contributed by atoms with Crippen LogP contribution >= 0.6 is 0 Å². The van der Waals surface area contributed by atoms with Gasteiger partial charge in [0.1, 0.15) is 11.9 Å². The van der Waals surface area contributed by atoms with E-state index in [1.54, 1.807) is 6.92 Å². The van der Waals surface area contributed by atoms with Crippen molar-refractivity contribution in [1.82, 2.24) is 4.72 Å². The van der Waals surface area contributed by atoms with Crippen LogP contribution in [0.1, 0.15) is 26.7 Å². The number of hydrogen-bond acceptors (Lipinski definition) is 4. The first-order valence-electron chi connectivity index (χ1n) is 7.08. The molecule has 0 heterocycles. The molecule has 1 aromatic carbocycles. The van der Waals surface area contributed by atoms with Gasteiger partial charge in [-0.25, -0.2) is 17.5 Å². The summed E-state index contributed by atoms with van der Waals surface area (Å²) in [6.07, 6.45) is 0.848. The molecule has 8 heteroatoms. The zero-order valence-electron chi connectivity index (χ0n) is 12.4. The van der Waals surface area contributed by atoms with Crippen molar-refractivity contribution in [3.63, 3.8) is 0 Å². The minimum atomic E-state index is -3.70. The van der Waals surface area contributed by atoms with E-state index < -0.39 is 27.9 Å². The van der Waals surface area contributed by atoms with Gasteiger partial charge >= 0.3 is 0 Å². The van der Waals surface area contributed by atoms with Crippen LogP contribution < -0.4 is 10.0 Å². The van der Waals surface area contributed by atoms with Gasteiger partial charge in [0.2, 0.25) is 10.0 Å². The Labute approximate surface area is 129 Å². The van der Waals surface area contributed by atoms with E-state index in [4.69, 9.17) is 4.74 Å². The number of benzene rings is 1. The highest BCUT2D eigenvalue weighted by Gasteiger charge is 2.28. The normalized spacial score (nSPS) is 16.3. The first-order chi connectivity index (χ1) is 10.3. The lowest BCUT2D eigenvalue weighted by Gasteiger charge is -2.13. The van der Waals surface area contributed by atoms with Crippen LogP contribution in [0.25, 0.3) is 0 Å². The summed E-state index contributed by atoms with van der Waals surface area (Å²) in [6, 6.07) is 3.24. The fourth-order valence-electron chi connectivity index (χ4n) is 1.82. The molecule has 0 unspecified atom stereocenters. The summed E-state index contributed by atoms with van der Waals surface area (Å²) >= 11 is 0. The molecule has 6 nitrogen and oxygen atoms in total. The molecule has 1 aromatic rings. The van der Waals surface area contributed by atoms with E-state index in [0.717, 1.165) is 25.0 Å². The summed E-state index contributed by atoms with van der Waals surface area (Å²) in [6.45, 7) is 3.61. The smallest absolute Gasteiger partial charge is 0.253 e. The molecule has 0 aromatic heterocycles. The Morgan fingerprint density at radius 1 is 1.45 bits per heavy atom. The van der Waals surface area contributed by atoms with E-state index >= 15 is 0 Å². The van der Waals surface area contributed by atoms with Gasteiger partial charge in [-0.15, -0.1) is 0 Å². The van der Waals surface area contributed by atoms with E-state index in [2.05, 4.69) is 10.0 Å². The topological polar surface area (TPSA) is 84.5 Å². The third-order valence-electron chi connectivity index (χ3n) is 3.19. The number of ether oxygens (including phenoxy) is 1. The van der Waals surface area contributed by atoms with Gasteiger partial charge in [0.05, 0.1) is 10.6 Å². The van der Waals surface area contributed by atoms with E-state index in [1.807, 2.05) is 0 Å². The summed E-state index contributed by atoms with van der Waals surface area (Å²) in [7, 11) is -3.70. The number of nitrogens with one attached hydrogen (secondary N) is 2. The zero-order valence-corrected chi connectivity index (χ0v) is 13.2. The van der Waals surface area contributed by atoms with Crippen molar-refractivity contribution < 1.29 is 22.3 Å². The van der Waals surface area contributed by atoms with Gasteiger partial charge in [-0.3, -0.25) is 4.79 Å². The molecular formula is C14H19FN2O4S. The lowest BCUT2D eigenvalue weighted by atomic mass is 10.3. The molecule has 2 rings (SSSR count). The highest BCUT2D eigenvalue weighted by molar-refractivity contribution is 7.89. The van der Waals surface area contributed by atoms with Crippen LogP contribution in [0.5, 0.6) is 0 Å². The average Bonchev–Trinajstić information content (AvgIpc) is 3.24. The molecule has 1 aliphatic rings. The molecule has 0 saturated heterocycles. The molecule has 0 bridgehead atoms. The summed E-state index contributed by atoms with van der Waals surface area (Å²) in [4.78, 5) is 11.8. The van der Waals surface area contributed by atoms with Crippen molar-refractivity contribution in [3.8, 4) is 0 Å². The molecular weight excluding hydrogens is 311 g/mol. The van der Waals surface area contributed by atoms with Crippen LogP contribution in [-0.2, 0) is 19.6 Å². The number of halogens is 1. The fourth-order valence-corrected chi connectivity index (χ4v) is 3.15. The Morgan fingerprint density at radius 2 is 2.14 bits per heavy atom.